The molecule has 13 heteroatoms. The Balaban J connectivity index is 1.60. The molecule has 1 aromatic rings. The van der Waals surface area contributed by atoms with Crippen LogP contribution in [-0.2, 0) is 0 Å². The Morgan fingerprint density at radius 3 is 2.73 bits per heavy atom. The normalized spacial score (nSPS) is 45.5. The number of carbonyl (C=O) groups is 1. The molecule has 5 aliphatic rings. The molecule has 6 rings (SSSR count). The summed E-state index contributed by atoms with van der Waals surface area (Å²) in [5, 5.41) is 16.9. The van der Waals surface area contributed by atoms with E-state index in [0.29, 0.717) is 18.8 Å². The van der Waals surface area contributed by atoms with E-state index in [9.17, 15) is 9.90 Å². The molecule has 1 saturated heterocycles. The number of aromatic nitrogens is 1. The van der Waals surface area contributed by atoms with Gasteiger partial charge in [0.2, 0.25) is 0 Å². The molecule has 9 N–H and O–H groups in total. The standard InChI is InChI=1S/C17H21BrClN9O2/c18-5-1-8-11(29)28-4-7-6(2-20)10(19)16(13(30)24-15(22)25-16)9(7)17(28)12(27(8)3-5)23-14(21)26-17/h1,3,6-7,9-10,12-13,30H,2,4,20H2,(H3,21,23,26)(H3,22,24,25). The quantitative estimate of drug-likeness (QED) is 0.249. The molecular weight excluding hydrogens is 478 g/mol. The van der Waals surface area contributed by atoms with Gasteiger partial charge in [0.05, 0.1) is 5.38 Å². The van der Waals surface area contributed by atoms with E-state index in [1.54, 1.807) is 11.0 Å². The molecule has 1 amide bonds. The fourth-order valence-electron chi connectivity index (χ4n) is 6.57. The van der Waals surface area contributed by atoms with Crippen molar-refractivity contribution in [1.82, 2.24) is 20.1 Å². The Hall–Kier alpha value is -2.02. The highest BCUT2D eigenvalue weighted by Gasteiger charge is 2.79. The van der Waals surface area contributed by atoms with Crippen molar-refractivity contribution in [3.05, 3.63) is 22.4 Å². The molecule has 11 nitrogen and oxygen atoms in total. The number of hydrogen-bond donors (Lipinski definition) is 6. The van der Waals surface area contributed by atoms with Gasteiger partial charge in [-0.25, -0.2) is 9.98 Å². The Morgan fingerprint density at radius 2 is 2.07 bits per heavy atom. The van der Waals surface area contributed by atoms with Crippen LogP contribution in [0.1, 0.15) is 16.7 Å². The monoisotopic (exact) mass is 497 g/mol. The summed E-state index contributed by atoms with van der Waals surface area (Å²) in [7, 11) is 0. The summed E-state index contributed by atoms with van der Waals surface area (Å²) in [6, 6.07) is 1.77. The predicted octanol–water partition coefficient (Wildman–Crippen LogP) is -1.76. The highest BCUT2D eigenvalue weighted by Crippen LogP contribution is 2.63. The second-order valence-electron chi connectivity index (χ2n) is 8.59. The van der Waals surface area contributed by atoms with Crippen LogP contribution in [0.5, 0.6) is 0 Å². The van der Waals surface area contributed by atoms with E-state index in [-0.39, 0.29) is 29.7 Å². The zero-order chi connectivity index (χ0) is 21.2. The van der Waals surface area contributed by atoms with Gasteiger partial charge in [0.25, 0.3) is 5.91 Å². The average Bonchev–Trinajstić information content (AvgIpc) is 3.42. The Bertz CT molecular complexity index is 1040. The van der Waals surface area contributed by atoms with E-state index in [4.69, 9.17) is 28.8 Å². The number of fused-ring (bicyclic) bond motifs is 4. The van der Waals surface area contributed by atoms with Crippen LogP contribution < -0.4 is 27.8 Å². The van der Waals surface area contributed by atoms with Crippen molar-refractivity contribution in [2.45, 2.75) is 29.0 Å². The van der Waals surface area contributed by atoms with Crippen molar-refractivity contribution in [3.63, 3.8) is 0 Å². The van der Waals surface area contributed by atoms with Gasteiger partial charge in [-0.3, -0.25) is 4.79 Å². The Morgan fingerprint density at radius 1 is 1.33 bits per heavy atom. The number of nitrogens with one attached hydrogen (secondary N) is 2. The van der Waals surface area contributed by atoms with Gasteiger partial charge in [-0.2, -0.15) is 0 Å². The lowest BCUT2D eigenvalue weighted by atomic mass is 9.73. The molecule has 1 aromatic heterocycles. The topological polar surface area (TPSA) is 172 Å². The number of aliphatic imine (C=N–C) groups is 2. The molecule has 2 fully saturated rings. The molecular formula is C17H21BrClN9O2. The first-order valence-corrected chi connectivity index (χ1v) is 10.9. The Labute approximate surface area is 184 Å². The molecule has 8 unspecified atom stereocenters. The van der Waals surface area contributed by atoms with Gasteiger partial charge in [0, 0.05) is 23.1 Å². The maximum absolute atomic E-state index is 13.6. The van der Waals surface area contributed by atoms with Crippen LogP contribution in [-0.4, -0.2) is 68.3 Å². The van der Waals surface area contributed by atoms with E-state index >= 15 is 0 Å². The summed E-state index contributed by atoms with van der Waals surface area (Å²) in [4.78, 5) is 24.1. The van der Waals surface area contributed by atoms with Crippen molar-refractivity contribution in [1.29, 1.82) is 0 Å². The third-order valence-corrected chi connectivity index (χ3v) is 8.59. The molecule has 1 aliphatic carbocycles. The van der Waals surface area contributed by atoms with Gasteiger partial charge in [0.15, 0.2) is 30.0 Å². The summed E-state index contributed by atoms with van der Waals surface area (Å²) < 4.78 is 2.58. The molecule has 160 valence electrons. The van der Waals surface area contributed by atoms with Crippen molar-refractivity contribution < 1.29 is 9.90 Å². The molecule has 4 aliphatic heterocycles. The van der Waals surface area contributed by atoms with E-state index in [1.165, 1.54) is 0 Å². The minimum atomic E-state index is -1.20. The summed E-state index contributed by atoms with van der Waals surface area (Å²) in [6.45, 7) is 0.697. The minimum absolute atomic E-state index is 0.106. The van der Waals surface area contributed by atoms with Crippen LogP contribution in [0, 0.1) is 17.8 Å². The highest BCUT2D eigenvalue weighted by molar-refractivity contribution is 9.10. The first-order chi connectivity index (χ1) is 14.3. The first-order valence-electron chi connectivity index (χ1n) is 9.70. The molecule has 0 aromatic carbocycles. The van der Waals surface area contributed by atoms with Crippen LogP contribution in [0.4, 0.5) is 0 Å². The van der Waals surface area contributed by atoms with Gasteiger partial charge >= 0.3 is 0 Å². The lowest BCUT2D eigenvalue weighted by Crippen LogP contribution is -2.74. The number of rotatable bonds is 1. The molecule has 8 atom stereocenters. The summed E-state index contributed by atoms with van der Waals surface area (Å²) in [5.41, 5.74) is 16.6. The summed E-state index contributed by atoms with van der Waals surface area (Å²) >= 11 is 10.4. The lowest BCUT2D eigenvalue weighted by Gasteiger charge is -2.51. The maximum Gasteiger partial charge on any atom is 0.272 e. The third-order valence-electron chi connectivity index (χ3n) is 7.47. The smallest absolute Gasteiger partial charge is 0.272 e. The number of amides is 1. The number of nitrogens with zero attached hydrogens (tertiary/aromatic N) is 4. The molecule has 30 heavy (non-hydrogen) atoms. The fourth-order valence-corrected chi connectivity index (χ4v) is 7.60. The fraction of sp³-hybridized carbons (Fsp3) is 0.588. The second-order valence-corrected chi connectivity index (χ2v) is 9.98. The largest absolute Gasteiger partial charge is 0.370 e. The van der Waals surface area contributed by atoms with Crippen LogP contribution in [0.15, 0.2) is 26.7 Å². The van der Waals surface area contributed by atoms with Crippen molar-refractivity contribution in [3.8, 4) is 0 Å². The summed E-state index contributed by atoms with van der Waals surface area (Å²) in [5.74, 6) is -0.530. The summed E-state index contributed by atoms with van der Waals surface area (Å²) in [6.07, 6.45) is 0.0765. The van der Waals surface area contributed by atoms with Gasteiger partial charge in [-0.15, -0.1) is 11.6 Å². The number of carbonyl (C=O) groups excluding carboxylic acids is 1. The van der Waals surface area contributed by atoms with Gasteiger partial charge in [-0.05, 0) is 40.4 Å². The maximum atomic E-state index is 13.6. The van der Waals surface area contributed by atoms with E-state index < -0.39 is 34.9 Å². The zero-order valence-corrected chi connectivity index (χ0v) is 18.0. The first kappa shape index (κ1) is 18.7. The van der Waals surface area contributed by atoms with Crippen LogP contribution in [0.2, 0.25) is 0 Å². The number of alkyl halides is 1. The van der Waals surface area contributed by atoms with E-state index in [1.807, 2.05) is 10.8 Å². The molecule has 0 bridgehead atoms. The number of halogens is 2. The average molecular weight is 499 g/mol. The minimum Gasteiger partial charge on any atom is -0.370 e. The van der Waals surface area contributed by atoms with Gasteiger partial charge in [-0.1, -0.05) is 0 Å². The van der Waals surface area contributed by atoms with Crippen LogP contribution in [0.25, 0.3) is 0 Å². The van der Waals surface area contributed by atoms with Crippen LogP contribution >= 0.6 is 27.5 Å². The molecule has 1 saturated carbocycles. The van der Waals surface area contributed by atoms with Crippen molar-refractivity contribution in [2.24, 2.45) is 44.9 Å². The SMILES string of the molecule is NCC1C2CN3C(=O)c4cc(Br)cn4C4N=C(N)NC43C2C2(NC(N)=NC2O)C1Cl. The van der Waals surface area contributed by atoms with Crippen LogP contribution in [0.3, 0.4) is 0 Å². The van der Waals surface area contributed by atoms with E-state index in [0.717, 1.165) is 4.47 Å². The number of guanidine groups is 2. The number of nitrogens with two attached hydrogens (primary N) is 3. The molecule has 5 heterocycles. The van der Waals surface area contributed by atoms with Gasteiger partial charge < -0.3 is 42.4 Å². The number of aliphatic hydroxyl groups is 1. The number of hydrogen-bond acceptors (Lipinski definition) is 9. The zero-order valence-electron chi connectivity index (χ0n) is 15.7. The predicted molar refractivity (Wildman–Crippen MR) is 112 cm³/mol. The third kappa shape index (κ3) is 1.84. The molecule has 2 spiro atoms. The van der Waals surface area contributed by atoms with Crippen molar-refractivity contribution >= 4 is 45.4 Å². The second kappa shape index (κ2) is 5.61. The van der Waals surface area contributed by atoms with E-state index in [2.05, 4.69) is 36.5 Å². The van der Waals surface area contributed by atoms with Gasteiger partial charge in [0.1, 0.15) is 11.2 Å². The highest BCUT2D eigenvalue weighted by atomic mass is 79.9. The molecule has 0 radical (unpaired) electrons. The Kier molecular flexibility index (Phi) is 3.50. The van der Waals surface area contributed by atoms with Crippen molar-refractivity contribution in [2.75, 3.05) is 13.1 Å². The number of aliphatic hydroxyl groups excluding tert-OH is 1. The lowest BCUT2D eigenvalue weighted by molar-refractivity contribution is -0.0269.